The molecule has 0 amide bonds. The normalized spacial score (nSPS) is 13.6. The Morgan fingerprint density at radius 1 is 1.00 bits per heavy atom. The molecule has 0 N–H and O–H groups in total. The first-order valence-corrected chi connectivity index (χ1v) is 9.95. The van der Waals surface area contributed by atoms with Crippen molar-refractivity contribution in [1.82, 2.24) is 19.8 Å². The molecule has 0 atom stereocenters. The van der Waals surface area contributed by atoms with E-state index in [0.29, 0.717) is 0 Å². The lowest BCUT2D eigenvalue weighted by atomic mass is 9.99. The van der Waals surface area contributed by atoms with Gasteiger partial charge in [0.2, 0.25) is 0 Å². The largest absolute Gasteiger partial charge is 0.493 e. The van der Waals surface area contributed by atoms with E-state index in [-0.39, 0.29) is 0 Å². The third-order valence-electron chi connectivity index (χ3n) is 5.07. The minimum atomic E-state index is 0.744. The Morgan fingerprint density at radius 3 is 2.57 bits per heavy atom. The molecule has 1 aliphatic heterocycles. The van der Waals surface area contributed by atoms with Crippen LogP contribution in [0.15, 0.2) is 41.1 Å². The zero-order valence-corrected chi connectivity index (χ0v) is 16.4. The van der Waals surface area contributed by atoms with E-state index in [2.05, 4.69) is 32.6 Å². The Balaban J connectivity index is 1.50. The lowest BCUT2D eigenvalue weighted by molar-refractivity contribution is 0.353. The number of rotatable bonds is 4. The molecule has 1 aromatic carbocycles. The Morgan fingerprint density at radius 2 is 1.82 bits per heavy atom. The van der Waals surface area contributed by atoms with Gasteiger partial charge in [-0.2, -0.15) is 15.9 Å². The van der Waals surface area contributed by atoms with Crippen molar-refractivity contribution in [3.8, 4) is 22.9 Å². The van der Waals surface area contributed by atoms with Crippen LogP contribution in [-0.4, -0.2) is 40.6 Å². The topological polar surface area (TPSA) is 64.8 Å². The average Bonchev–Trinajstić information content (AvgIpc) is 3.41. The molecular weight excluding hydrogens is 374 g/mol. The highest BCUT2D eigenvalue weighted by Gasteiger charge is 2.21. The Hall–Kier alpha value is -3.13. The number of thiophene rings is 1. The van der Waals surface area contributed by atoms with Crippen LogP contribution in [-0.2, 0) is 13.0 Å². The quantitative estimate of drug-likeness (QED) is 0.529. The summed E-state index contributed by atoms with van der Waals surface area (Å²) in [5, 5.41) is 17.5. The van der Waals surface area contributed by atoms with Gasteiger partial charge in [-0.05, 0) is 53.3 Å². The standard InChI is InChI=1S/C20H19N5O2S/c1-26-16-9-13-5-7-24(11-15(13)10-17(16)27-2)19-4-3-18-21-22-20(25(18)23-19)14-6-8-28-12-14/h3-4,6,8-10,12H,5,7,11H2,1-2H3. The smallest absolute Gasteiger partial charge is 0.186 e. The van der Waals surface area contributed by atoms with Crippen LogP contribution in [0.25, 0.3) is 17.0 Å². The molecule has 8 heteroatoms. The molecule has 5 rings (SSSR count). The molecule has 0 radical (unpaired) electrons. The van der Waals surface area contributed by atoms with E-state index in [9.17, 15) is 0 Å². The van der Waals surface area contributed by atoms with Crippen LogP contribution in [0.1, 0.15) is 11.1 Å². The van der Waals surface area contributed by atoms with Gasteiger partial charge >= 0.3 is 0 Å². The molecule has 0 saturated carbocycles. The van der Waals surface area contributed by atoms with E-state index in [0.717, 1.165) is 53.9 Å². The van der Waals surface area contributed by atoms with Gasteiger partial charge in [-0.1, -0.05) is 0 Å². The monoisotopic (exact) mass is 393 g/mol. The predicted molar refractivity (Wildman–Crippen MR) is 108 cm³/mol. The summed E-state index contributed by atoms with van der Waals surface area (Å²) in [6.45, 7) is 1.65. The van der Waals surface area contributed by atoms with Gasteiger partial charge < -0.3 is 14.4 Å². The Bertz CT molecular complexity index is 1140. The van der Waals surface area contributed by atoms with Gasteiger partial charge in [-0.15, -0.1) is 15.3 Å². The summed E-state index contributed by atoms with van der Waals surface area (Å²) >= 11 is 1.64. The maximum absolute atomic E-state index is 5.47. The summed E-state index contributed by atoms with van der Waals surface area (Å²) in [6.07, 6.45) is 0.926. The molecule has 3 aromatic heterocycles. The minimum Gasteiger partial charge on any atom is -0.493 e. The zero-order chi connectivity index (χ0) is 19.1. The average molecular weight is 393 g/mol. The van der Waals surface area contributed by atoms with Crippen LogP contribution in [0.4, 0.5) is 5.82 Å². The van der Waals surface area contributed by atoms with Crippen LogP contribution < -0.4 is 14.4 Å². The van der Waals surface area contributed by atoms with Crippen molar-refractivity contribution >= 4 is 22.8 Å². The molecule has 0 spiro atoms. The summed E-state index contributed by atoms with van der Waals surface area (Å²) in [6, 6.07) is 10.2. The van der Waals surface area contributed by atoms with Gasteiger partial charge in [0.05, 0.1) is 14.2 Å². The van der Waals surface area contributed by atoms with Crippen molar-refractivity contribution in [3.05, 3.63) is 52.2 Å². The SMILES string of the molecule is COc1cc2c(cc1OC)CN(c1ccc3nnc(-c4ccsc4)n3n1)CC2. The number of methoxy groups -OCH3 is 2. The summed E-state index contributed by atoms with van der Waals surface area (Å²) in [7, 11) is 3.33. The van der Waals surface area contributed by atoms with Gasteiger partial charge in [0.25, 0.3) is 0 Å². The fourth-order valence-corrected chi connectivity index (χ4v) is 4.23. The third-order valence-corrected chi connectivity index (χ3v) is 5.75. The maximum atomic E-state index is 5.47. The fraction of sp³-hybridized carbons (Fsp3) is 0.250. The number of benzene rings is 1. The molecule has 142 valence electrons. The molecule has 4 heterocycles. The van der Waals surface area contributed by atoms with E-state index >= 15 is 0 Å². The second kappa shape index (κ2) is 6.79. The van der Waals surface area contributed by atoms with Crippen molar-refractivity contribution < 1.29 is 9.47 Å². The van der Waals surface area contributed by atoms with Crippen LogP contribution in [0.5, 0.6) is 11.5 Å². The van der Waals surface area contributed by atoms with Crippen molar-refractivity contribution in [3.63, 3.8) is 0 Å². The molecule has 7 nitrogen and oxygen atoms in total. The molecule has 1 aliphatic rings. The fourth-order valence-electron chi connectivity index (χ4n) is 3.60. The highest BCUT2D eigenvalue weighted by Crippen LogP contribution is 2.34. The van der Waals surface area contributed by atoms with Gasteiger partial charge in [-0.25, -0.2) is 0 Å². The first-order valence-electron chi connectivity index (χ1n) is 9.00. The van der Waals surface area contributed by atoms with Crippen molar-refractivity contribution in [2.24, 2.45) is 0 Å². The molecule has 0 saturated heterocycles. The lowest BCUT2D eigenvalue weighted by Gasteiger charge is -2.30. The maximum Gasteiger partial charge on any atom is 0.186 e. The molecular formula is C20H19N5O2S. The summed E-state index contributed by atoms with van der Waals surface area (Å²) in [5.74, 6) is 3.20. The second-order valence-electron chi connectivity index (χ2n) is 6.64. The van der Waals surface area contributed by atoms with Crippen LogP contribution in [0.3, 0.4) is 0 Å². The first kappa shape index (κ1) is 17.0. The van der Waals surface area contributed by atoms with Crippen molar-refractivity contribution in [1.29, 1.82) is 0 Å². The van der Waals surface area contributed by atoms with E-state index in [1.165, 1.54) is 11.1 Å². The second-order valence-corrected chi connectivity index (χ2v) is 7.42. The lowest BCUT2D eigenvalue weighted by Crippen LogP contribution is -2.31. The molecule has 0 fully saturated rings. The number of fused-ring (bicyclic) bond motifs is 2. The van der Waals surface area contributed by atoms with E-state index in [1.54, 1.807) is 25.6 Å². The molecule has 4 aromatic rings. The van der Waals surface area contributed by atoms with E-state index < -0.39 is 0 Å². The van der Waals surface area contributed by atoms with Crippen molar-refractivity contribution in [2.45, 2.75) is 13.0 Å². The number of nitrogens with zero attached hydrogens (tertiary/aromatic N) is 5. The number of hydrogen-bond acceptors (Lipinski definition) is 7. The minimum absolute atomic E-state index is 0.744. The number of aromatic nitrogens is 4. The van der Waals surface area contributed by atoms with Crippen molar-refractivity contribution in [2.75, 3.05) is 25.7 Å². The summed E-state index contributed by atoms with van der Waals surface area (Å²) in [4.78, 5) is 2.27. The molecule has 0 aliphatic carbocycles. The van der Waals surface area contributed by atoms with Gasteiger partial charge in [0.1, 0.15) is 5.82 Å². The number of ether oxygens (including phenoxy) is 2. The van der Waals surface area contributed by atoms with Gasteiger partial charge in [0, 0.05) is 24.0 Å². The summed E-state index contributed by atoms with van der Waals surface area (Å²) < 4.78 is 12.7. The van der Waals surface area contributed by atoms with Crippen LogP contribution >= 0.6 is 11.3 Å². The number of anilines is 1. The molecule has 0 bridgehead atoms. The van der Waals surface area contributed by atoms with Gasteiger partial charge in [-0.3, -0.25) is 0 Å². The highest BCUT2D eigenvalue weighted by atomic mass is 32.1. The summed E-state index contributed by atoms with van der Waals surface area (Å²) in [5.41, 5.74) is 4.29. The first-order chi connectivity index (χ1) is 13.8. The highest BCUT2D eigenvalue weighted by molar-refractivity contribution is 7.08. The molecule has 28 heavy (non-hydrogen) atoms. The zero-order valence-electron chi connectivity index (χ0n) is 15.6. The number of hydrogen-bond donors (Lipinski definition) is 0. The van der Waals surface area contributed by atoms with E-state index in [1.807, 2.05) is 28.1 Å². The Labute approximate surface area is 166 Å². The Kier molecular flexibility index (Phi) is 4.12. The van der Waals surface area contributed by atoms with Crippen LogP contribution in [0.2, 0.25) is 0 Å². The molecule has 0 unspecified atom stereocenters. The van der Waals surface area contributed by atoms with E-state index in [4.69, 9.17) is 14.6 Å². The van der Waals surface area contributed by atoms with Gasteiger partial charge in [0.15, 0.2) is 23.0 Å². The van der Waals surface area contributed by atoms with Crippen LogP contribution in [0, 0.1) is 0 Å². The third kappa shape index (κ3) is 2.77. The predicted octanol–water partition coefficient (Wildman–Crippen LogP) is 3.43.